The second-order valence-corrected chi connectivity index (χ2v) is 12.6. The van der Waals surface area contributed by atoms with Crippen molar-refractivity contribution in [2.45, 2.75) is 63.1 Å². The number of hydrogen-bond acceptors (Lipinski definition) is 5. The van der Waals surface area contributed by atoms with Crippen molar-refractivity contribution in [3.05, 3.63) is 88.9 Å². The molecule has 1 saturated carbocycles. The van der Waals surface area contributed by atoms with Crippen molar-refractivity contribution in [2.75, 3.05) is 18.0 Å². The normalized spacial score (nSPS) is 14.3. The highest BCUT2D eigenvalue weighted by atomic mass is 35.5. The summed E-state index contributed by atoms with van der Waals surface area (Å²) in [5.74, 6) is -0.260. The van der Waals surface area contributed by atoms with Gasteiger partial charge in [-0.1, -0.05) is 54.3 Å². The van der Waals surface area contributed by atoms with Gasteiger partial charge >= 0.3 is 0 Å². The predicted molar refractivity (Wildman–Crippen MR) is 161 cm³/mol. The van der Waals surface area contributed by atoms with Gasteiger partial charge in [0.15, 0.2) is 0 Å². The number of rotatable bonds is 11. The fraction of sp³-hybridized carbons (Fsp3) is 0.355. The van der Waals surface area contributed by atoms with Gasteiger partial charge in [0, 0.05) is 17.6 Å². The number of nitrogens with zero attached hydrogens (tertiary/aromatic N) is 2. The van der Waals surface area contributed by atoms with Crippen molar-refractivity contribution in [1.82, 2.24) is 10.2 Å². The quantitative estimate of drug-likeness (QED) is 0.322. The molecule has 4 rings (SSSR count). The van der Waals surface area contributed by atoms with Crippen molar-refractivity contribution in [3.8, 4) is 5.75 Å². The highest BCUT2D eigenvalue weighted by molar-refractivity contribution is 7.92. The third-order valence-electron chi connectivity index (χ3n) is 7.38. The van der Waals surface area contributed by atoms with E-state index in [-0.39, 0.29) is 29.1 Å². The maximum atomic E-state index is 14.0. The molecule has 41 heavy (non-hydrogen) atoms. The zero-order chi connectivity index (χ0) is 29.6. The molecule has 0 saturated heterocycles. The monoisotopic (exact) mass is 597 g/mol. The number of amides is 2. The molecule has 0 bridgehead atoms. The summed E-state index contributed by atoms with van der Waals surface area (Å²) in [6.45, 7) is 3.29. The minimum Gasteiger partial charge on any atom is -0.497 e. The van der Waals surface area contributed by atoms with E-state index in [4.69, 9.17) is 16.3 Å². The highest BCUT2D eigenvalue weighted by Gasteiger charge is 2.33. The van der Waals surface area contributed by atoms with Crippen LogP contribution in [0.5, 0.6) is 5.75 Å². The molecule has 3 aromatic rings. The zero-order valence-electron chi connectivity index (χ0n) is 23.5. The van der Waals surface area contributed by atoms with E-state index in [0.29, 0.717) is 10.8 Å². The summed E-state index contributed by atoms with van der Waals surface area (Å²) < 4.78 is 34.0. The van der Waals surface area contributed by atoms with Crippen LogP contribution in [0.1, 0.15) is 43.7 Å². The summed E-state index contributed by atoms with van der Waals surface area (Å²) in [6, 6.07) is 19.2. The second kappa shape index (κ2) is 13.4. The number of sulfonamides is 1. The molecule has 1 atom stereocenters. The van der Waals surface area contributed by atoms with Crippen LogP contribution in [0.2, 0.25) is 5.02 Å². The van der Waals surface area contributed by atoms with E-state index >= 15 is 0 Å². The molecule has 1 fully saturated rings. The van der Waals surface area contributed by atoms with Gasteiger partial charge in [-0.25, -0.2) is 8.42 Å². The Morgan fingerprint density at radius 1 is 0.976 bits per heavy atom. The number of methoxy groups -OCH3 is 1. The first-order chi connectivity index (χ1) is 19.6. The lowest BCUT2D eigenvalue weighted by Gasteiger charge is -2.32. The maximum absolute atomic E-state index is 14.0. The van der Waals surface area contributed by atoms with Crippen LogP contribution >= 0.6 is 11.6 Å². The number of hydrogen-bond donors (Lipinski definition) is 1. The van der Waals surface area contributed by atoms with Gasteiger partial charge in [0.2, 0.25) is 11.8 Å². The number of carbonyl (C=O) groups is 2. The van der Waals surface area contributed by atoms with Crippen LogP contribution in [-0.2, 0) is 26.2 Å². The van der Waals surface area contributed by atoms with E-state index in [2.05, 4.69) is 5.32 Å². The smallest absolute Gasteiger partial charge is 0.264 e. The van der Waals surface area contributed by atoms with Gasteiger partial charge in [-0.3, -0.25) is 13.9 Å². The van der Waals surface area contributed by atoms with Crippen LogP contribution in [0, 0.1) is 6.92 Å². The molecule has 0 aliphatic heterocycles. The van der Waals surface area contributed by atoms with Crippen LogP contribution in [0.4, 0.5) is 5.69 Å². The Bertz CT molecular complexity index is 1440. The summed E-state index contributed by atoms with van der Waals surface area (Å²) in [5.41, 5.74) is 2.18. The Balaban J connectivity index is 1.67. The Hall–Kier alpha value is -3.56. The Morgan fingerprint density at radius 3 is 2.17 bits per heavy atom. The van der Waals surface area contributed by atoms with Crippen LogP contribution in [0.15, 0.2) is 77.7 Å². The van der Waals surface area contributed by atoms with Crippen molar-refractivity contribution in [3.63, 3.8) is 0 Å². The number of ether oxygens (including phenoxy) is 1. The maximum Gasteiger partial charge on any atom is 0.264 e. The van der Waals surface area contributed by atoms with Crippen molar-refractivity contribution in [2.24, 2.45) is 0 Å². The summed E-state index contributed by atoms with van der Waals surface area (Å²) in [7, 11) is -2.68. The van der Waals surface area contributed by atoms with E-state index in [1.54, 1.807) is 43.3 Å². The number of carbonyl (C=O) groups excluding carboxylic acids is 2. The summed E-state index contributed by atoms with van der Waals surface area (Å²) in [5, 5.41) is 3.51. The molecule has 1 aliphatic carbocycles. The van der Waals surface area contributed by atoms with E-state index < -0.39 is 28.5 Å². The minimum absolute atomic E-state index is 0.00170. The van der Waals surface area contributed by atoms with Gasteiger partial charge in [-0.05, 0) is 80.8 Å². The Morgan fingerprint density at radius 2 is 1.59 bits per heavy atom. The fourth-order valence-electron chi connectivity index (χ4n) is 4.88. The van der Waals surface area contributed by atoms with E-state index in [0.717, 1.165) is 41.1 Å². The zero-order valence-corrected chi connectivity index (χ0v) is 25.1. The first-order valence-corrected chi connectivity index (χ1v) is 15.5. The molecule has 0 unspecified atom stereocenters. The minimum atomic E-state index is -4.18. The van der Waals surface area contributed by atoms with Crippen molar-refractivity contribution in [1.29, 1.82) is 0 Å². The lowest BCUT2D eigenvalue weighted by Crippen LogP contribution is -2.52. The van der Waals surface area contributed by atoms with Crippen LogP contribution < -0.4 is 14.4 Å². The van der Waals surface area contributed by atoms with Gasteiger partial charge < -0.3 is 15.0 Å². The highest BCUT2D eigenvalue weighted by Crippen LogP contribution is 2.27. The van der Waals surface area contributed by atoms with E-state index in [9.17, 15) is 18.0 Å². The van der Waals surface area contributed by atoms with Crippen LogP contribution in [0.25, 0.3) is 0 Å². The van der Waals surface area contributed by atoms with E-state index in [1.165, 1.54) is 24.1 Å². The molecule has 0 aromatic heterocycles. The topological polar surface area (TPSA) is 96.0 Å². The van der Waals surface area contributed by atoms with Gasteiger partial charge in [0.1, 0.15) is 18.3 Å². The Labute approximate surface area is 247 Å². The molecule has 10 heteroatoms. The fourth-order valence-corrected chi connectivity index (χ4v) is 6.42. The standard InChI is InChI=1S/C31H36ClN3O5S/c1-22-8-10-24(11-9-22)20-34(23(2)31(37)33-26-6-4-5-7-26)30(36)21-35(27-14-12-25(32)13-15-27)41(38,39)29-18-16-28(40-3)17-19-29/h8-19,23,26H,4-7,20-21H2,1-3H3,(H,33,37)/t23-/m0/s1. The number of nitrogens with one attached hydrogen (secondary N) is 1. The SMILES string of the molecule is COc1ccc(S(=O)(=O)N(CC(=O)N(Cc2ccc(C)cc2)[C@@H](C)C(=O)NC2CCCC2)c2ccc(Cl)cc2)cc1. The summed E-state index contributed by atoms with van der Waals surface area (Å²) >= 11 is 6.08. The largest absolute Gasteiger partial charge is 0.497 e. The van der Waals surface area contributed by atoms with Crippen molar-refractivity contribution < 1.29 is 22.7 Å². The number of halogens is 1. The summed E-state index contributed by atoms with van der Waals surface area (Å²) in [4.78, 5) is 28.8. The molecule has 8 nitrogen and oxygen atoms in total. The average molecular weight is 598 g/mol. The number of anilines is 1. The third kappa shape index (κ3) is 7.59. The predicted octanol–water partition coefficient (Wildman–Crippen LogP) is 5.33. The molecule has 2 amide bonds. The molecule has 218 valence electrons. The molecule has 0 heterocycles. The van der Waals surface area contributed by atoms with Gasteiger partial charge in [-0.2, -0.15) is 0 Å². The lowest BCUT2D eigenvalue weighted by molar-refractivity contribution is -0.139. The van der Waals surface area contributed by atoms with Gasteiger partial charge in [0.25, 0.3) is 10.0 Å². The third-order valence-corrected chi connectivity index (χ3v) is 9.42. The second-order valence-electron chi connectivity index (χ2n) is 10.3. The molecule has 0 radical (unpaired) electrons. The molecular formula is C31H36ClN3O5S. The lowest BCUT2D eigenvalue weighted by atomic mass is 10.1. The van der Waals surface area contributed by atoms with Crippen LogP contribution in [0.3, 0.4) is 0 Å². The Kier molecular flexibility index (Phi) is 9.94. The molecule has 1 aliphatic rings. The molecular weight excluding hydrogens is 562 g/mol. The molecule has 1 N–H and O–H groups in total. The van der Waals surface area contributed by atoms with Crippen molar-refractivity contribution >= 4 is 39.1 Å². The number of benzene rings is 3. The van der Waals surface area contributed by atoms with E-state index in [1.807, 2.05) is 31.2 Å². The first-order valence-electron chi connectivity index (χ1n) is 13.7. The van der Waals surface area contributed by atoms with Crippen LogP contribution in [-0.4, -0.2) is 50.9 Å². The number of aryl methyl sites for hydroxylation is 1. The molecule has 3 aromatic carbocycles. The molecule has 0 spiro atoms. The summed E-state index contributed by atoms with van der Waals surface area (Å²) in [6.07, 6.45) is 3.94. The van der Waals surface area contributed by atoms with Gasteiger partial charge in [0.05, 0.1) is 17.7 Å². The van der Waals surface area contributed by atoms with Gasteiger partial charge in [-0.15, -0.1) is 0 Å². The average Bonchev–Trinajstić information content (AvgIpc) is 3.48. The first kappa shape index (κ1) is 30.4.